The van der Waals surface area contributed by atoms with E-state index in [9.17, 15) is 14.4 Å². The zero-order valence-corrected chi connectivity index (χ0v) is 13.1. The molecule has 126 valence electrons. The van der Waals surface area contributed by atoms with Crippen molar-refractivity contribution in [2.45, 2.75) is 51.6 Å². The summed E-state index contributed by atoms with van der Waals surface area (Å²) >= 11 is 0. The maximum Gasteiger partial charge on any atom is 0.305 e. The summed E-state index contributed by atoms with van der Waals surface area (Å²) in [5.74, 6) is -1.02. The van der Waals surface area contributed by atoms with E-state index in [0.29, 0.717) is 19.6 Å². The second-order valence-electron chi connectivity index (χ2n) is 5.67. The molecule has 2 amide bonds. The summed E-state index contributed by atoms with van der Waals surface area (Å²) in [6, 6.07) is 0. The van der Waals surface area contributed by atoms with Gasteiger partial charge >= 0.3 is 5.97 Å². The molecule has 0 spiro atoms. The number of ether oxygens (including phenoxy) is 1. The molecule has 0 radical (unpaired) electrons. The van der Waals surface area contributed by atoms with E-state index in [0.717, 1.165) is 25.7 Å². The van der Waals surface area contributed by atoms with Crippen molar-refractivity contribution in [2.75, 3.05) is 19.7 Å². The third-order valence-electron chi connectivity index (χ3n) is 3.61. The molecule has 1 aliphatic heterocycles. The first-order chi connectivity index (χ1) is 10.5. The molecule has 0 aliphatic carbocycles. The van der Waals surface area contributed by atoms with Gasteiger partial charge in [-0.25, -0.2) is 0 Å². The lowest BCUT2D eigenvalue weighted by molar-refractivity contribution is -0.137. The third kappa shape index (κ3) is 7.97. The van der Waals surface area contributed by atoms with Crippen molar-refractivity contribution < 1.29 is 24.2 Å². The zero-order chi connectivity index (χ0) is 16.4. The van der Waals surface area contributed by atoms with E-state index in [2.05, 4.69) is 10.6 Å². The van der Waals surface area contributed by atoms with Crippen molar-refractivity contribution in [1.29, 1.82) is 0 Å². The minimum Gasteiger partial charge on any atom is -0.481 e. The van der Waals surface area contributed by atoms with Crippen LogP contribution in [0, 0.1) is 5.92 Å². The molecule has 1 fully saturated rings. The molecular weight excluding hydrogens is 288 g/mol. The normalized spacial score (nSPS) is 20.6. The van der Waals surface area contributed by atoms with Gasteiger partial charge in [-0.15, -0.1) is 0 Å². The van der Waals surface area contributed by atoms with Crippen LogP contribution in [-0.4, -0.2) is 48.7 Å². The molecule has 0 aromatic heterocycles. The van der Waals surface area contributed by atoms with Crippen LogP contribution in [0.3, 0.4) is 0 Å². The largest absolute Gasteiger partial charge is 0.481 e. The molecule has 22 heavy (non-hydrogen) atoms. The summed E-state index contributed by atoms with van der Waals surface area (Å²) in [5.41, 5.74) is 0. The highest BCUT2D eigenvalue weighted by Gasteiger charge is 2.27. The molecule has 2 atom stereocenters. The van der Waals surface area contributed by atoms with Gasteiger partial charge in [-0.3, -0.25) is 14.4 Å². The summed E-state index contributed by atoms with van der Waals surface area (Å²) < 4.78 is 5.36. The number of aliphatic carboxylic acids is 1. The second kappa shape index (κ2) is 10.2. The Morgan fingerprint density at radius 3 is 2.50 bits per heavy atom. The topological polar surface area (TPSA) is 105 Å². The number of amides is 2. The minimum atomic E-state index is -0.918. The second-order valence-corrected chi connectivity index (χ2v) is 5.67. The van der Waals surface area contributed by atoms with Gasteiger partial charge in [-0.1, -0.05) is 6.42 Å². The van der Waals surface area contributed by atoms with Crippen LogP contribution >= 0.6 is 0 Å². The van der Waals surface area contributed by atoms with Crippen LogP contribution in [0.25, 0.3) is 0 Å². The van der Waals surface area contributed by atoms with Crippen molar-refractivity contribution in [3.8, 4) is 0 Å². The number of carboxylic acids is 1. The van der Waals surface area contributed by atoms with Crippen LogP contribution in [0.5, 0.6) is 0 Å². The number of rotatable bonds is 10. The van der Waals surface area contributed by atoms with Crippen molar-refractivity contribution in [2.24, 2.45) is 5.92 Å². The lowest BCUT2D eigenvalue weighted by Crippen LogP contribution is -2.31. The van der Waals surface area contributed by atoms with Crippen molar-refractivity contribution >= 4 is 17.8 Å². The number of unbranched alkanes of at least 4 members (excludes halogenated alkanes) is 2. The Morgan fingerprint density at radius 1 is 1.09 bits per heavy atom. The Morgan fingerprint density at radius 2 is 1.86 bits per heavy atom. The molecule has 7 heteroatoms. The smallest absolute Gasteiger partial charge is 0.305 e. The molecule has 3 N–H and O–H groups in total. The highest BCUT2D eigenvalue weighted by atomic mass is 16.5. The van der Waals surface area contributed by atoms with Crippen molar-refractivity contribution in [1.82, 2.24) is 10.6 Å². The molecule has 0 saturated carbocycles. The molecule has 1 heterocycles. The molecule has 1 saturated heterocycles. The number of hydrogen-bond acceptors (Lipinski definition) is 4. The zero-order valence-electron chi connectivity index (χ0n) is 13.1. The predicted molar refractivity (Wildman–Crippen MR) is 80.3 cm³/mol. The first-order valence-corrected chi connectivity index (χ1v) is 7.87. The highest BCUT2D eigenvalue weighted by molar-refractivity contribution is 5.79. The standard InChI is InChI=1S/C15H26N2O5/c1-11-9-12(10-22-11)15(21)17-7-4-2-3-5-13(18)16-8-6-14(19)20/h11-12H,2-10H2,1H3,(H,16,18)(H,17,21)(H,19,20). The average molecular weight is 314 g/mol. The van der Waals surface area contributed by atoms with Gasteiger partial charge in [0.25, 0.3) is 0 Å². The fourth-order valence-corrected chi connectivity index (χ4v) is 2.34. The molecule has 0 bridgehead atoms. The maximum absolute atomic E-state index is 11.8. The van der Waals surface area contributed by atoms with E-state index in [1.165, 1.54) is 0 Å². The van der Waals surface area contributed by atoms with Gasteiger partial charge in [-0.2, -0.15) is 0 Å². The van der Waals surface area contributed by atoms with Crippen molar-refractivity contribution in [3.63, 3.8) is 0 Å². The van der Waals surface area contributed by atoms with Crippen molar-refractivity contribution in [3.05, 3.63) is 0 Å². The Hall–Kier alpha value is -1.63. The van der Waals surface area contributed by atoms with E-state index in [-0.39, 0.29) is 36.8 Å². The molecule has 7 nitrogen and oxygen atoms in total. The van der Waals surface area contributed by atoms with Gasteiger partial charge in [0.1, 0.15) is 0 Å². The quantitative estimate of drug-likeness (QED) is 0.514. The Kier molecular flexibility index (Phi) is 8.50. The van der Waals surface area contributed by atoms with Gasteiger partial charge in [0.15, 0.2) is 0 Å². The number of hydrogen-bond donors (Lipinski definition) is 3. The van der Waals surface area contributed by atoms with Crippen LogP contribution in [0.2, 0.25) is 0 Å². The van der Waals surface area contributed by atoms with Gasteiger partial charge in [0.05, 0.1) is 25.0 Å². The fraction of sp³-hybridized carbons (Fsp3) is 0.800. The van der Waals surface area contributed by atoms with Crippen LogP contribution in [-0.2, 0) is 19.1 Å². The van der Waals surface area contributed by atoms with Crippen LogP contribution in [0.15, 0.2) is 0 Å². The summed E-state index contributed by atoms with van der Waals surface area (Å²) in [6.07, 6.45) is 3.70. The summed E-state index contributed by atoms with van der Waals surface area (Å²) in [5, 5.41) is 13.9. The molecule has 1 aliphatic rings. The number of carboxylic acid groups (broad SMARTS) is 1. The highest BCUT2D eigenvalue weighted by Crippen LogP contribution is 2.18. The number of carbonyl (C=O) groups excluding carboxylic acids is 2. The van der Waals surface area contributed by atoms with E-state index >= 15 is 0 Å². The molecular formula is C15H26N2O5. The first kappa shape index (κ1) is 18.4. The van der Waals surface area contributed by atoms with E-state index in [1.54, 1.807) is 0 Å². The summed E-state index contributed by atoms with van der Waals surface area (Å²) in [4.78, 5) is 33.5. The predicted octanol–water partition coefficient (Wildman–Crippen LogP) is 0.679. The van der Waals surface area contributed by atoms with E-state index in [4.69, 9.17) is 9.84 Å². The maximum atomic E-state index is 11.8. The summed E-state index contributed by atoms with van der Waals surface area (Å²) in [7, 11) is 0. The van der Waals surface area contributed by atoms with Gasteiger partial charge in [-0.05, 0) is 26.2 Å². The van der Waals surface area contributed by atoms with Crippen LogP contribution in [0.4, 0.5) is 0 Å². The SMILES string of the molecule is CC1CC(C(=O)NCCCCCC(=O)NCCC(=O)O)CO1. The lowest BCUT2D eigenvalue weighted by atomic mass is 10.1. The van der Waals surface area contributed by atoms with Gasteiger partial charge in [0, 0.05) is 19.5 Å². The monoisotopic (exact) mass is 314 g/mol. The van der Waals surface area contributed by atoms with Crippen LogP contribution in [0.1, 0.15) is 45.4 Å². The first-order valence-electron chi connectivity index (χ1n) is 7.87. The van der Waals surface area contributed by atoms with E-state index in [1.807, 2.05) is 6.92 Å². The molecule has 1 rings (SSSR count). The Bertz CT molecular complexity index is 386. The number of nitrogens with one attached hydrogen (secondary N) is 2. The van der Waals surface area contributed by atoms with E-state index < -0.39 is 5.97 Å². The van der Waals surface area contributed by atoms with Gasteiger partial charge in [0.2, 0.25) is 11.8 Å². The minimum absolute atomic E-state index is 0.0324. The lowest BCUT2D eigenvalue weighted by Gasteiger charge is -2.09. The fourth-order valence-electron chi connectivity index (χ4n) is 2.34. The third-order valence-corrected chi connectivity index (χ3v) is 3.61. The molecule has 2 unspecified atom stereocenters. The van der Waals surface area contributed by atoms with Gasteiger partial charge < -0.3 is 20.5 Å². The number of carbonyl (C=O) groups is 3. The summed E-state index contributed by atoms with van der Waals surface area (Å²) in [6.45, 7) is 3.26. The molecule has 0 aromatic rings. The van der Waals surface area contributed by atoms with Crippen LogP contribution < -0.4 is 10.6 Å². The molecule has 0 aromatic carbocycles. The Labute approximate surface area is 130 Å². The average Bonchev–Trinajstić information content (AvgIpc) is 2.88. The Balaban J connectivity index is 1.93.